The SMILES string of the molecule is c1nc2c(c(NC3CCC3)n1)CCN([C@@H]1CCOC1)CC2. The van der Waals surface area contributed by atoms with Crippen molar-refractivity contribution in [3.8, 4) is 0 Å². The zero-order valence-corrected chi connectivity index (χ0v) is 12.6. The van der Waals surface area contributed by atoms with Crippen LogP contribution in [-0.4, -0.2) is 53.3 Å². The number of hydrogen-bond donors (Lipinski definition) is 1. The molecule has 5 nitrogen and oxygen atoms in total. The lowest BCUT2D eigenvalue weighted by molar-refractivity contribution is 0.147. The van der Waals surface area contributed by atoms with Gasteiger partial charge in [-0.3, -0.25) is 4.90 Å². The van der Waals surface area contributed by atoms with E-state index in [1.165, 1.54) is 36.9 Å². The van der Waals surface area contributed by atoms with E-state index in [1.807, 2.05) is 0 Å². The second-order valence-electron chi connectivity index (χ2n) is 6.47. The highest BCUT2D eigenvalue weighted by Crippen LogP contribution is 2.27. The smallest absolute Gasteiger partial charge is 0.133 e. The topological polar surface area (TPSA) is 50.3 Å². The van der Waals surface area contributed by atoms with Crippen LogP contribution in [0.2, 0.25) is 0 Å². The van der Waals surface area contributed by atoms with Crippen LogP contribution >= 0.6 is 0 Å². The van der Waals surface area contributed by atoms with E-state index >= 15 is 0 Å². The molecule has 1 N–H and O–H groups in total. The second kappa shape index (κ2) is 5.89. The lowest BCUT2D eigenvalue weighted by Gasteiger charge is -2.28. The van der Waals surface area contributed by atoms with Gasteiger partial charge in [-0.1, -0.05) is 0 Å². The molecule has 0 unspecified atom stereocenters. The normalized spacial score (nSPS) is 27.0. The summed E-state index contributed by atoms with van der Waals surface area (Å²) in [5, 5.41) is 3.62. The van der Waals surface area contributed by atoms with Gasteiger partial charge in [0, 0.05) is 43.8 Å². The summed E-state index contributed by atoms with van der Waals surface area (Å²) in [6.45, 7) is 4.02. The molecule has 1 aromatic rings. The first-order chi connectivity index (χ1) is 10.4. The maximum atomic E-state index is 5.54. The zero-order chi connectivity index (χ0) is 14.1. The summed E-state index contributed by atoms with van der Waals surface area (Å²) >= 11 is 0. The lowest BCUT2D eigenvalue weighted by Crippen LogP contribution is -2.37. The number of ether oxygens (including phenoxy) is 1. The molecule has 3 aliphatic rings. The molecule has 5 heteroatoms. The van der Waals surface area contributed by atoms with E-state index in [9.17, 15) is 0 Å². The molecule has 1 saturated heterocycles. The Hall–Kier alpha value is -1.20. The van der Waals surface area contributed by atoms with Crippen molar-refractivity contribution in [1.29, 1.82) is 0 Å². The molecule has 2 fully saturated rings. The molecule has 4 rings (SSSR count). The Morgan fingerprint density at radius 3 is 2.81 bits per heavy atom. The molecule has 114 valence electrons. The third-order valence-corrected chi connectivity index (χ3v) is 5.19. The molecule has 1 aromatic heterocycles. The first kappa shape index (κ1) is 13.5. The van der Waals surface area contributed by atoms with Crippen LogP contribution < -0.4 is 5.32 Å². The molecule has 3 heterocycles. The molecule has 21 heavy (non-hydrogen) atoms. The van der Waals surface area contributed by atoms with Crippen molar-refractivity contribution in [3.05, 3.63) is 17.6 Å². The van der Waals surface area contributed by atoms with Gasteiger partial charge in [0.15, 0.2) is 0 Å². The molecular formula is C16H24N4O. The number of fused-ring (bicyclic) bond motifs is 1. The van der Waals surface area contributed by atoms with Crippen molar-refractivity contribution < 1.29 is 4.74 Å². The molecule has 1 saturated carbocycles. The number of nitrogens with one attached hydrogen (secondary N) is 1. The number of aromatic nitrogens is 2. The van der Waals surface area contributed by atoms with Crippen molar-refractivity contribution in [1.82, 2.24) is 14.9 Å². The molecule has 0 aromatic carbocycles. The number of anilines is 1. The number of rotatable bonds is 3. The van der Waals surface area contributed by atoms with Crippen LogP contribution in [0.25, 0.3) is 0 Å². The summed E-state index contributed by atoms with van der Waals surface area (Å²) < 4.78 is 5.54. The Morgan fingerprint density at radius 1 is 1.14 bits per heavy atom. The highest BCUT2D eigenvalue weighted by atomic mass is 16.5. The van der Waals surface area contributed by atoms with Crippen LogP contribution in [0.4, 0.5) is 5.82 Å². The minimum absolute atomic E-state index is 0.607. The monoisotopic (exact) mass is 288 g/mol. The predicted octanol–water partition coefficient (Wildman–Crippen LogP) is 1.63. The average Bonchev–Trinajstić information content (AvgIpc) is 2.90. The van der Waals surface area contributed by atoms with Crippen LogP contribution in [0, 0.1) is 0 Å². The molecular weight excluding hydrogens is 264 g/mol. The van der Waals surface area contributed by atoms with Crippen LogP contribution in [0.15, 0.2) is 6.33 Å². The van der Waals surface area contributed by atoms with Crippen LogP contribution in [-0.2, 0) is 17.6 Å². The summed E-state index contributed by atoms with van der Waals surface area (Å²) in [6, 6.07) is 1.24. The van der Waals surface area contributed by atoms with Crippen LogP contribution in [0.3, 0.4) is 0 Å². The Morgan fingerprint density at radius 2 is 2.05 bits per heavy atom. The third kappa shape index (κ3) is 2.77. The summed E-state index contributed by atoms with van der Waals surface area (Å²) in [5.74, 6) is 1.09. The quantitative estimate of drug-likeness (QED) is 0.916. The van der Waals surface area contributed by atoms with Gasteiger partial charge >= 0.3 is 0 Å². The van der Waals surface area contributed by atoms with Crippen molar-refractivity contribution in [2.24, 2.45) is 0 Å². The minimum atomic E-state index is 0.607. The second-order valence-corrected chi connectivity index (χ2v) is 6.47. The van der Waals surface area contributed by atoms with E-state index in [0.717, 1.165) is 45.0 Å². The van der Waals surface area contributed by atoms with E-state index in [-0.39, 0.29) is 0 Å². The van der Waals surface area contributed by atoms with Gasteiger partial charge < -0.3 is 10.1 Å². The summed E-state index contributed by atoms with van der Waals surface area (Å²) in [4.78, 5) is 11.6. The maximum absolute atomic E-state index is 5.54. The molecule has 0 radical (unpaired) electrons. The Balaban J connectivity index is 1.49. The van der Waals surface area contributed by atoms with Gasteiger partial charge in [-0.2, -0.15) is 0 Å². The van der Waals surface area contributed by atoms with Gasteiger partial charge in [-0.05, 0) is 32.1 Å². The first-order valence-corrected chi connectivity index (χ1v) is 8.31. The van der Waals surface area contributed by atoms with Crippen molar-refractivity contribution in [3.63, 3.8) is 0 Å². The average molecular weight is 288 g/mol. The Labute approximate surface area is 126 Å². The van der Waals surface area contributed by atoms with E-state index in [1.54, 1.807) is 6.33 Å². The number of nitrogens with zero attached hydrogens (tertiary/aromatic N) is 3. The van der Waals surface area contributed by atoms with Crippen molar-refractivity contribution >= 4 is 5.82 Å². The van der Waals surface area contributed by atoms with Gasteiger partial charge in [0.1, 0.15) is 12.1 Å². The Kier molecular flexibility index (Phi) is 3.78. The molecule has 0 amide bonds. The van der Waals surface area contributed by atoms with Crippen LogP contribution in [0.5, 0.6) is 0 Å². The van der Waals surface area contributed by atoms with Gasteiger partial charge in [0.2, 0.25) is 0 Å². The molecule has 2 aliphatic heterocycles. The van der Waals surface area contributed by atoms with Crippen molar-refractivity contribution in [2.45, 2.75) is 50.6 Å². The molecule has 1 aliphatic carbocycles. The molecule has 1 atom stereocenters. The summed E-state index contributed by atoms with van der Waals surface area (Å²) in [6.07, 6.45) is 8.91. The summed E-state index contributed by atoms with van der Waals surface area (Å²) in [5.41, 5.74) is 2.60. The molecule has 0 spiro atoms. The highest BCUT2D eigenvalue weighted by Gasteiger charge is 2.27. The largest absolute Gasteiger partial charge is 0.380 e. The van der Waals surface area contributed by atoms with E-state index in [0.29, 0.717) is 12.1 Å². The van der Waals surface area contributed by atoms with Gasteiger partial charge in [0.05, 0.1) is 12.3 Å². The minimum Gasteiger partial charge on any atom is -0.380 e. The van der Waals surface area contributed by atoms with Crippen molar-refractivity contribution in [2.75, 3.05) is 31.6 Å². The van der Waals surface area contributed by atoms with Crippen LogP contribution in [0.1, 0.15) is 36.9 Å². The fourth-order valence-electron chi connectivity index (χ4n) is 3.59. The van der Waals surface area contributed by atoms with E-state index < -0.39 is 0 Å². The standard InChI is InChI=1S/C16H24N4O/c1-2-12(3-1)19-16-14-4-7-20(13-6-9-21-10-13)8-5-15(14)17-11-18-16/h11-13H,1-10H2,(H,17,18,19)/t13-/m1/s1. The third-order valence-electron chi connectivity index (χ3n) is 5.19. The van der Waals surface area contributed by atoms with Gasteiger partial charge in [-0.15, -0.1) is 0 Å². The highest BCUT2D eigenvalue weighted by molar-refractivity contribution is 5.47. The fourth-order valence-corrected chi connectivity index (χ4v) is 3.59. The first-order valence-electron chi connectivity index (χ1n) is 8.31. The van der Waals surface area contributed by atoms with Gasteiger partial charge in [-0.25, -0.2) is 9.97 Å². The lowest BCUT2D eigenvalue weighted by atomic mass is 9.93. The van der Waals surface area contributed by atoms with E-state index in [4.69, 9.17) is 4.74 Å². The maximum Gasteiger partial charge on any atom is 0.133 e. The Bertz CT molecular complexity index is 497. The van der Waals surface area contributed by atoms with Gasteiger partial charge in [0.25, 0.3) is 0 Å². The summed E-state index contributed by atoms with van der Waals surface area (Å²) in [7, 11) is 0. The molecule has 0 bridgehead atoms. The predicted molar refractivity (Wildman–Crippen MR) is 81.5 cm³/mol. The number of hydrogen-bond acceptors (Lipinski definition) is 5. The zero-order valence-electron chi connectivity index (χ0n) is 12.6. The van der Waals surface area contributed by atoms with E-state index in [2.05, 4.69) is 20.2 Å². The fraction of sp³-hybridized carbons (Fsp3) is 0.750.